The van der Waals surface area contributed by atoms with Crippen LogP contribution < -0.4 is 0 Å². The Labute approximate surface area is 97.8 Å². The van der Waals surface area contributed by atoms with Crippen LogP contribution in [-0.2, 0) is 10.0 Å². The molecule has 1 rings (SSSR count). The summed E-state index contributed by atoms with van der Waals surface area (Å²) in [5.41, 5.74) is 0.208. The van der Waals surface area contributed by atoms with E-state index in [9.17, 15) is 8.42 Å². The normalized spacial score (nSPS) is 22.1. The second-order valence-electron chi connectivity index (χ2n) is 4.30. The molecule has 1 aliphatic heterocycles. The van der Waals surface area contributed by atoms with E-state index in [1.54, 1.807) is 4.31 Å². The van der Waals surface area contributed by atoms with Gasteiger partial charge < -0.3 is 0 Å². The average Bonchev–Trinajstić information content (AvgIpc) is 2.63. The second-order valence-corrected chi connectivity index (χ2v) is 6.76. The molecule has 0 aliphatic carbocycles. The molecular formula is C10H20ClNO2S. The molecule has 0 unspecified atom stereocenters. The highest BCUT2D eigenvalue weighted by atomic mass is 35.5. The molecule has 1 aliphatic rings. The fraction of sp³-hybridized carbons (Fsp3) is 1.00. The first-order valence-corrected chi connectivity index (χ1v) is 7.68. The lowest BCUT2D eigenvalue weighted by Crippen LogP contribution is -2.33. The van der Waals surface area contributed by atoms with Gasteiger partial charge in [0.15, 0.2) is 0 Å². The van der Waals surface area contributed by atoms with Crippen LogP contribution in [0.15, 0.2) is 0 Å². The molecular weight excluding hydrogens is 234 g/mol. The predicted molar refractivity (Wildman–Crippen MR) is 63.7 cm³/mol. The van der Waals surface area contributed by atoms with E-state index in [4.69, 9.17) is 11.6 Å². The number of alkyl halides is 1. The molecule has 3 nitrogen and oxygen atoms in total. The molecule has 1 saturated heterocycles. The van der Waals surface area contributed by atoms with Gasteiger partial charge in [0.1, 0.15) is 0 Å². The maximum absolute atomic E-state index is 11.8. The Morgan fingerprint density at radius 3 is 2.33 bits per heavy atom. The molecule has 0 radical (unpaired) electrons. The third-order valence-electron chi connectivity index (χ3n) is 3.63. The Kier molecular flexibility index (Phi) is 4.44. The summed E-state index contributed by atoms with van der Waals surface area (Å²) >= 11 is 5.50. The van der Waals surface area contributed by atoms with Crippen LogP contribution >= 0.6 is 11.6 Å². The highest BCUT2D eigenvalue weighted by molar-refractivity contribution is 7.89. The summed E-state index contributed by atoms with van der Waals surface area (Å²) < 4.78 is 25.2. The Morgan fingerprint density at radius 2 is 1.93 bits per heavy atom. The van der Waals surface area contributed by atoms with Crippen molar-refractivity contribution in [3.8, 4) is 0 Å². The Morgan fingerprint density at radius 1 is 1.33 bits per heavy atom. The standard InChI is InChI=1S/C10H20ClNO2S/c1-3-10(4-2)5-7-12(9-10)15(13,14)8-6-11/h3-9H2,1-2H3. The van der Waals surface area contributed by atoms with Crippen molar-refractivity contribution in [3.63, 3.8) is 0 Å². The van der Waals surface area contributed by atoms with Gasteiger partial charge in [-0.3, -0.25) is 0 Å². The van der Waals surface area contributed by atoms with Gasteiger partial charge in [-0.1, -0.05) is 13.8 Å². The quantitative estimate of drug-likeness (QED) is 0.704. The largest absolute Gasteiger partial charge is 0.215 e. The van der Waals surface area contributed by atoms with E-state index in [-0.39, 0.29) is 17.0 Å². The van der Waals surface area contributed by atoms with E-state index in [0.717, 1.165) is 19.3 Å². The van der Waals surface area contributed by atoms with Crippen LogP contribution in [0, 0.1) is 5.41 Å². The first-order chi connectivity index (χ1) is 6.99. The average molecular weight is 254 g/mol. The van der Waals surface area contributed by atoms with Gasteiger partial charge in [-0.15, -0.1) is 11.6 Å². The van der Waals surface area contributed by atoms with Gasteiger partial charge >= 0.3 is 0 Å². The van der Waals surface area contributed by atoms with Crippen molar-refractivity contribution in [3.05, 3.63) is 0 Å². The molecule has 0 spiro atoms. The molecule has 1 fully saturated rings. The number of nitrogens with zero attached hydrogens (tertiary/aromatic N) is 1. The van der Waals surface area contributed by atoms with Crippen molar-refractivity contribution < 1.29 is 8.42 Å². The summed E-state index contributed by atoms with van der Waals surface area (Å²) in [6, 6.07) is 0. The third-order valence-corrected chi connectivity index (χ3v) is 5.86. The number of halogens is 1. The lowest BCUT2D eigenvalue weighted by atomic mass is 9.82. The highest BCUT2D eigenvalue weighted by Crippen LogP contribution is 2.38. The molecule has 0 amide bonds. The first kappa shape index (κ1) is 13.3. The minimum atomic E-state index is -3.10. The topological polar surface area (TPSA) is 37.4 Å². The van der Waals surface area contributed by atoms with Gasteiger partial charge in [0.05, 0.1) is 5.75 Å². The van der Waals surface area contributed by atoms with Gasteiger partial charge in [-0.2, -0.15) is 0 Å². The summed E-state index contributed by atoms with van der Waals surface area (Å²) in [5, 5.41) is 0. The molecule has 5 heteroatoms. The van der Waals surface area contributed by atoms with Crippen molar-refractivity contribution in [1.82, 2.24) is 4.31 Å². The van der Waals surface area contributed by atoms with Crippen molar-refractivity contribution in [1.29, 1.82) is 0 Å². The molecule has 0 N–H and O–H groups in total. The summed E-state index contributed by atoms with van der Waals surface area (Å²) in [4.78, 5) is 0. The van der Waals surface area contributed by atoms with E-state index in [1.165, 1.54) is 0 Å². The summed E-state index contributed by atoms with van der Waals surface area (Å²) in [6.07, 6.45) is 3.09. The number of hydrogen-bond acceptors (Lipinski definition) is 2. The summed E-state index contributed by atoms with van der Waals surface area (Å²) in [6.45, 7) is 5.63. The van der Waals surface area contributed by atoms with Crippen molar-refractivity contribution >= 4 is 21.6 Å². The van der Waals surface area contributed by atoms with Gasteiger partial charge in [-0.05, 0) is 24.7 Å². The zero-order chi connectivity index (χ0) is 11.5. The van der Waals surface area contributed by atoms with Crippen molar-refractivity contribution in [2.45, 2.75) is 33.1 Å². The van der Waals surface area contributed by atoms with Crippen LogP contribution in [-0.4, -0.2) is 37.4 Å². The number of rotatable bonds is 5. The third kappa shape index (κ3) is 2.86. The van der Waals surface area contributed by atoms with Crippen LogP contribution in [0.3, 0.4) is 0 Å². The first-order valence-electron chi connectivity index (χ1n) is 5.53. The van der Waals surface area contributed by atoms with Crippen molar-refractivity contribution in [2.24, 2.45) is 5.41 Å². The minimum Gasteiger partial charge on any atom is -0.212 e. The van der Waals surface area contributed by atoms with E-state index in [2.05, 4.69) is 13.8 Å². The lowest BCUT2D eigenvalue weighted by Gasteiger charge is -2.26. The zero-order valence-electron chi connectivity index (χ0n) is 9.50. The van der Waals surface area contributed by atoms with Gasteiger partial charge in [0.25, 0.3) is 0 Å². The maximum Gasteiger partial charge on any atom is 0.215 e. The fourth-order valence-corrected chi connectivity index (χ4v) is 4.06. The van der Waals surface area contributed by atoms with Gasteiger partial charge in [0.2, 0.25) is 10.0 Å². The molecule has 0 atom stereocenters. The summed E-state index contributed by atoms with van der Waals surface area (Å²) in [5.74, 6) is 0.252. The molecule has 0 aromatic heterocycles. The predicted octanol–water partition coefficient (Wildman–Crippen LogP) is 2.07. The fourth-order valence-electron chi connectivity index (χ4n) is 2.19. The van der Waals surface area contributed by atoms with Crippen LogP contribution in [0.4, 0.5) is 0 Å². The summed E-state index contributed by atoms with van der Waals surface area (Å²) in [7, 11) is -3.10. The minimum absolute atomic E-state index is 0.0675. The van der Waals surface area contributed by atoms with Crippen LogP contribution in [0.1, 0.15) is 33.1 Å². The van der Waals surface area contributed by atoms with Gasteiger partial charge in [0, 0.05) is 19.0 Å². The second kappa shape index (κ2) is 5.02. The molecule has 0 aromatic rings. The molecule has 0 saturated carbocycles. The number of hydrogen-bond donors (Lipinski definition) is 0. The Balaban J connectivity index is 2.71. The molecule has 0 bridgehead atoms. The monoisotopic (exact) mass is 253 g/mol. The van der Waals surface area contributed by atoms with E-state index >= 15 is 0 Å². The number of sulfonamides is 1. The molecule has 15 heavy (non-hydrogen) atoms. The van der Waals surface area contributed by atoms with Gasteiger partial charge in [-0.25, -0.2) is 12.7 Å². The maximum atomic E-state index is 11.8. The molecule has 1 heterocycles. The van der Waals surface area contributed by atoms with E-state index < -0.39 is 10.0 Å². The van der Waals surface area contributed by atoms with E-state index in [0.29, 0.717) is 13.1 Å². The molecule has 90 valence electrons. The van der Waals surface area contributed by atoms with E-state index in [1.807, 2.05) is 0 Å². The SMILES string of the molecule is CCC1(CC)CCN(S(=O)(=O)CCCl)C1. The Bertz CT molecular complexity index is 299. The van der Waals surface area contributed by atoms with Crippen LogP contribution in [0.2, 0.25) is 0 Å². The zero-order valence-corrected chi connectivity index (χ0v) is 11.1. The lowest BCUT2D eigenvalue weighted by molar-refractivity contribution is 0.280. The highest BCUT2D eigenvalue weighted by Gasteiger charge is 2.39. The van der Waals surface area contributed by atoms with Crippen LogP contribution in [0.5, 0.6) is 0 Å². The van der Waals surface area contributed by atoms with Crippen molar-refractivity contribution in [2.75, 3.05) is 24.7 Å². The smallest absolute Gasteiger partial charge is 0.212 e. The van der Waals surface area contributed by atoms with Crippen LogP contribution in [0.25, 0.3) is 0 Å². The molecule has 0 aromatic carbocycles. The Hall–Kier alpha value is 0.200.